The molecule has 0 fully saturated rings. The molecule has 0 aromatic carbocycles. The van der Waals surface area contributed by atoms with E-state index in [2.05, 4.69) is 23.8 Å². The maximum atomic E-state index is 11.8. The second-order valence-corrected chi connectivity index (χ2v) is 7.73. The Labute approximate surface area is 109 Å². The Hall–Kier alpha value is -0.970. The molecule has 4 nitrogen and oxygen atoms in total. The quantitative estimate of drug-likeness (QED) is 0.825. The van der Waals surface area contributed by atoms with Crippen LogP contribution in [0.25, 0.3) is 0 Å². The first-order chi connectivity index (χ1) is 8.30. The molecule has 0 aliphatic carbocycles. The molecule has 0 saturated carbocycles. The molecule has 0 bridgehead atoms. The highest BCUT2D eigenvalue weighted by Crippen LogP contribution is 2.28. The van der Waals surface area contributed by atoms with Crippen molar-refractivity contribution in [2.24, 2.45) is 0 Å². The van der Waals surface area contributed by atoms with Crippen LogP contribution >= 0.6 is 0 Å². The van der Waals surface area contributed by atoms with Gasteiger partial charge in [-0.25, -0.2) is 18.4 Å². The van der Waals surface area contributed by atoms with Crippen molar-refractivity contribution in [3.63, 3.8) is 0 Å². The molecule has 0 radical (unpaired) electrons. The van der Waals surface area contributed by atoms with Crippen LogP contribution < -0.4 is 0 Å². The molecular weight excluding hydrogens is 248 g/mol. The van der Waals surface area contributed by atoms with Crippen LogP contribution in [0.1, 0.15) is 62.3 Å². The molecule has 1 aromatic rings. The van der Waals surface area contributed by atoms with E-state index in [1.807, 2.05) is 13.8 Å². The topological polar surface area (TPSA) is 59.9 Å². The summed E-state index contributed by atoms with van der Waals surface area (Å²) in [6.45, 7) is 8.22. The van der Waals surface area contributed by atoms with Gasteiger partial charge >= 0.3 is 0 Å². The normalized spacial score (nSPS) is 18.1. The lowest BCUT2D eigenvalue weighted by Crippen LogP contribution is -2.24. The molecule has 2 rings (SSSR count). The lowest BCUT2D eigenvalue weighted by molar-refractivity contribution is 0.587. The van der Waals surface area contributed by atoms with Gasteiger partial charge in [0.2, 0.25) is 0 Å². The Morgan fingerprint density at radius 1 is 1.06 bits per heavy atom. The van der Waals surface area contributed by atoms with Crippen molar-refractivity contribution in [1.29, 1.82) is 0 Å². The maximum Gasteiger partial charge on any atom is 0.154 e. The highest BCUT2D eigenvalue weighted by molar-refractivity contribution is 7.90. The summed E-state index contributed by atoms with van der Waals surface area (Å²) in [5.41, 5.74) is 2.69. The zero-order valence-electron chi connectivity index (χ0n) is 11.4. The smallest absolute Gasteiger partial charge is 0.154 e. The van der Waals surface area contributed by atoms with Gasteiger partial charge in [0.05, 0.1) is 17.2 Å². The second kappa shape index (κ2) is 4.61. The van der Waals surface area contributed by atoms with Crippen LogP contribution in [0.15, 0.2) is 0 Å². The van der Waals surface area contributed by atoms with E-state index in [0.717, 1.165) is 22.8 Å². The second-order valence-electron chi connectivity index (χ2n) is 5.54. The number of aryl methyl sites for hydroxylation is 1. The summed E-state index contributed by atoms with van der Waals surface area (Å²) in [5, 5.41) is 0. The van der Waals surface area contributed by atoms with Crippen molar-refractivity contribution in [2.45, 2.75) is 51.7 Å². The molecule has 0 unspecified atom stereocenters. The van der Waals surface area contributed by atoms with Gasteiger partial charge in [-0.05, 0) is 5.92 Å². The van der Waals surface area contributed by atoms with Crippen molar-refractivity contribution in [1.82, 2.24) is 9.97 Å². The predicted molar refractivity (Wildman–Crippen MR) is 71.4 cm³/mol. The van der Waals surface area contributed by atoms with Crippen LogP contribution in [0.4, 0.5) is 0 Å². The monoisotopic (exact) mass is 268 g/mol. The number of fused-ring (bicyclic) bond motifs is 1. The number of hydrogen-bond donors (Lipinski definition) is 0. The van der Waals surface area contributed by atoms with Gasteiger partial charge in [0.1, 0.15) is 5.82 Å². The molecule has 18 heavy (non-hydrogen) atoms. The summed E-state index contributed by atoms with van der Waals surface area (Å²) in [4.78, 5) is 9.12. The Kier molecular flexibility index (Phi) is 3.45. The first kappa shape index (κ1) is 13.5. The van der Waals surface area contributed by atoms with Crippen molar-refractivity contribution in [3.05, 3.63) is 22.8 Å². The SMILES string of the molecule is CC(C)c1nc2c(c(C(C)C)n1)CS(=O)(=O)CC2. The lowest BCUT2D eigenvalue weighted by atomic mass is 10.0. The van der Waals surface area contributed by atoms with Crippen LogP contribution in [0.2, 0.25) is 0 Å². The van der Waals surface area contributed by atoms with Gasteiger partial charge in [-0.15, -0.1) is 0 Å². The third kappa shape index (κ3) is 2.55. The summed E-state index contributed by atoms with van der Waals surface area (Å²) >= 11 is 0. The zero-order valence-corrected chi connectivity index (χ0v) is 12.2. The summed E-state index contributed by atoms with van der Waals surface area (Å²) in [7, 11) is -2.97. The van der Waals surface area contributed by atoms with Crippen molar-refractivity contribution < 1.29 is 8.42 Å². The molecule has 0 N–H and O–H groups in total. The average Bonchev–Trinajstić information content (AvgIpc) is 2.26. The fraction of sp³-hybridized carbons (Fsp3) is 0.692. The maximum absolute atomic E-state index is 11.8. The zero-order chi connectivity index (χ0) is 13.5. The standard InChI is InChI=1S/C13H20N2O2S/c1-8(2)12-10-7-18(16,17)6-5-11(10)14-13(15-12)9(3)4/h8-9H,5-7H2,1-4H3. The van der Waals surface area contributed by atoms with Gasteiger partial charge in [-0.1, -0.05) is 27.7 Å². The van der Waals surface area contributed by atoms with Crippen LogP contribution in [-0.2, 0) is 22.0 Å². The highest BCUT2D eigenvalue weighted by Gasteiger charge is 2.27. The Balaban J connectivity index is 2.60. The molecule has 1 aliphatic rings. The summed E-state index contributed by atoms with van der Waals surface area (Å²) in [6.07, 6.45) is 0.527. The summed E-state index contributed by atoms with van der Waals surface area (Å²) < 4.78 is 23.5. The minimum atomic E-state index is -2.97. The summed E-state index contributed by atoms with van der Waals surface area (Å²) in [6, 6.07) is 0. The van der Waals surface area contributed by atoms with Crippen LogP contribution in [-0.4, -0.2) is 24.1 Å². The molecule has 2 heterocycles. The summed E-state index contributed by atoms with van der Waals surface area (Å²) in [5.74, 6) is 1.65. The highest BCUT2D eigenvalue weighted by atomic mass is 32.2. The molecular formula is C13H20N2O2S. The molecule has 1 aliphatic heterocycles. The van der Waals surface area contributed by atoms with E-state index in [0.29, 0.717) is 6.42 Å². The van der Waals surface area contributed by atoms with Crippen molar-refractivity contribution in [2.75, 3.05) is 5.75 Å². The third-order valence-electron chi connectivity index (χ3n) is 3.22. The van der Waals surface area contributed by atoms with Gasteiger partial charge in [0, 0.05) is 23.6 Å². The number of sulfone groups is 1. The predicted octanol–water partition coefficient (Wildman–Crippen LogP) is 2.19. The minimum absolute atomic E-state index is 0.105. The van der Waals surface area contributed by atoms with Gasteiger partial charge in [0.25, 0.3) is 0 Å². The molecule has 100 valence electrons. The number of rotatable bonds is 2. The van der Waals surface area contributed by atoms with Crippen molar-refractivity contribution in [3.8, 4) is 0 Å². The largest absolute Gasteiger partial charge is 0.237 e. The van der Waals surface area contributed by atoms with Gasteiger partial charge < -0.3 is 0 Å². The molecule has 0 spiro atoms. The molecule has 5 heteroatoms. The van der Waals surface area contributed by atoms with E-state index in [1.165, 1.54) is 0 Å². The van der Waals surface area contributed by atoms with Gasteiger partial charge in [-0.2, -0.15) is 0 Å². The number of aromatic nitrogens is 2. The third-order valence-corrected chi connectivity index (χ3v) is 4.77. The van der Waals surface area contributed by atoms with Crippen LogP contribution in [0.3, 0.4) is 0 Å². The number of nitrogens with zero attached hydrogens (tertiary/aromatic N) is 2. The Morgan fingerprint density at radius 3 is 2.28 bits per heavy atom. The fourth-order valence-electron chi connectivity index (χ4n) is 2.21. The Bertz CT molecular complexity index is 563. The van der Waals surface area contributed by atoms with E-state index in [-0.39, 0.29) is 23.3 Å². The Morgan fingerprint density at radius 2 is 1.72 bits per heavy atom. The van der Waals surface area contributed by atoms with Crippen LogP contribution in [0.5, 0.6) is 0 Å². The number of hydrogen-bond acceptors (Lipinski definition) is 4. The van der Waals surface area contributed by atoms with E-state index in [1.54, 1.807) is 0 Å². The van der Waals surface area contributed by atoms with Crippen LogP contribution in [0, 0.1) is 0 Å². The molecule has 0 saturated heterocycles. The molecule has 1 aromatic heterocycles. The van der Waals surface area contributed by atoms with E-state index < -0.39 is 9.84 Å². The average molecular weight is 268 g/mol. The molecule has 0 atom stereocenters. The lowest BCUT2D eigenvalue weighted by Gasteiger charge is -2.22. The van der Waals surface area contributed by atoms with Gasteiger partial charge in [-0.3, -0.25) is 0 Å². The molecule has 0 amide bonds. The van der Waals surface area contributed by atoms with E-state index in [4.69, 9.17) is 0 Å². The van der Waals surface area contributed by atoms with Crippen molar-refractivity contribution >= 4 is 9.84 Å². The van der Waals surface area contributed by atoms with Gasteiger partial charge in [0.15, 0.2) is 9.84 Å². The van der Waals surface area contributed by atoms with E-state index in [9.17, 15) is 8.42 Å². The van der Waals surface area contributed by atoms with E-state index >= 15 is 0 Å². The first-order valence-electron chi connectivity index (χ1n) is 6.40. The first-order valence-corrected chi connectivity index (χ1v) is 8.22. The fourth-order valence-corrected chi connectivity index (χ4v) is 3.62. The minimum Gasteiger partial charge on any atom is -0.237 e.